The lowest BCUT2D eigenvalue weighted by molar-refractivity contribution is 0.475. The summed E-state index contributed by atoms with van der Waals surface area (Å²) < 4.78 is 1.63. The molecule has 0 atom stereocenters. The molecule has 0 aliphatic carbocycles. The van der Waals surface area contributed by atoms with Crippen LogP contribution < -0.4 is 0 Å². The number of hydrogen-bond donors (Lipinski definition) is 1. The molecule has 0 amide bonds. The van der Waals surface area contributed by atoms with Gasteiger partial charge in [-0.1, -0.05) is 11.6 Å². The zero-order valence-corrected chi connectivity index (χ0v) is 9.46. The summed E-state index contributed by atoms with van der Waals surface area (Å²) in [5, 5.41) is 14.1. The van der Waals surface area contributed by atoms with Crippen LogP contribution in [0, 0.1) is 0 Å². The molecule has 2 aromatic heterocycles. The second kappa shape index (κ2) is 3.75. The summed E-state index contributed by atoms with van der Waals surface area (Å²) in [7, 11) is 0. The maximum absolute atomic E-state index is 9.22. The first kappa shape index (κ1) is 10.1. The highest BCUT2D eigenvalue weighted by molar-refractivity contribution is 6.33. The van der Waals surface area contributed by atoms with Crippen molar-refractivity contribution in [1.29, 1.82) is 0 Å². The van der Waals surface area contributed by atoms with E-state index in [0.29, 0.717) is 16.5 Å². The molecule has 1 aromatic carbocycles. The first-order valence-electron chi connectivity index (χ1n) is 5.04. The number of fused-ring (bicyclic) bond motifs is 1. The van der Waals surface area contributed by atoms with E-state index in [1.807, 2.05) is 6.07 Å². The van der Waals surface area contributed by atoms with Gasteiger partial charge in [-0.2, -0.15) is 0 Å². The minimum atomic E-state index is 0.218. The smallest absolute Gasteiger partial charge is 0.182 e. The molecule has 0 aliphatic rings. The number of halogens is 1. The molecule has 2 heterocycles. The third kappa shape index (κ3) is 1.72. The van der Waals surface area contributed by atoms with Crippen LogP contribution >= 0.6 is 11.6 Å². The van der Waals surface area contributed by atoms with Gasteiger partial charge >= 0.3 is 0 Å². The molecule has 84 valence electrons. The summed E-state index contributed by atoms with van der Waals surface area (Å²) in [5.41, 5.74) is 1.46. The van der Waals surface area contributed by atoms with Gasteiger partial charge in [0, 0.05) is 11.8 Å². The van der Waals surface area contributed by atoms with E-state index in [-0.39, 0.29) is 5.75 Å². The van der Waals surface area contributed by atoms with Gasteiger partial charge in [0.2, 0.25) is 0 Å². The minimum Gasteiger partial charge on any atom is -0.508 e. The molecule has 0 unspecified atom stereocenters. The molecule has 0 radical (unpaired) electrons. The Morgan fingerprint density at radius 2 is 1.88 bits per heavy atom. The van der Waals surface area contributed by atoms with Crippen molar-refractivity contribution in [1.82, 2.24) is 14.6 Å². The van der Waals surface area contributed by atoms with Gasteiger partial charge < -0.3 is 5.11 Å². The third-order valence-electron chi connectivity index (χ3n) is 2.44. The Hall–Kier alpha value is -2.07. The number of rotatable bonds is 1. The third-order valence-corrected chi connectivity index (χ3v) is 2.74. The predicted octanol–water partition coefficient (Wildman–Crippen LogP) is 2.76. The number of nitrogens with zero attached hydrogens (tertiary/aromatic N) is 3. The normalized spacial score (nSPS) is 10.9. The summed E-state index contributed by atoms with van der Waals surface area (Å²) in [5.74, 6) is 0.800. The topological polar surface area (TPSA) is 50.4 Å². The summed E-state index contributed by atoms with van der Waals surface area (Å²) >= 11 is 6.02. The van der Waals surface area contributed by atoms with Gasteiger partial charge in [-0.05, 0) is 36.4 Å². The largest absolute Gasteiger partial charge is 0.508 e. The molecular formula is C12H8ClN3O. The second-order valence-electron chi connectivity index (χ2n) is 3.61. The monoisotopic (exact) mass is 245 g/mol. The average Bonchev–Trinajstić information content (AvgIpc) is 2.75. The van der Waals surface area contributed by atoms with E-state index in [2.05, 4.69) is 10.1 Å². The summed E-state index contributed by atoms with van der Waals surface area (Å²) in [4.78, 5) is 4.35. The SMILES string of the molecule is Oc1ccc(-c2nc3c(Cl)cccn3n2)cc1. The van der Waals surface area contributed by atoms with Crippen LogP contribution in [-0.2, 0) is 0 Å². The lowest BCUT2D eigenvalue weighted by Gasteiger charge is -1.94. The van der Waals surface area contributed by atoms with Crippen molar-refractivity contribution in [2.24, 2.45) is 0 Å². The van der Waals surface area contributed by atoms with E-state index in [0.717, 1.165) is 5.56 Å². The molecule has 1 N–H and O–H groups in total. The van der Waals surface area contributed by atoms with Gasteiger partial charge in [-0.15, -0.1) is 5.10 Å². The van der Waals surface area contributed by atoms with Crippen LogP contribution in [0.1, 0.15) is 0 Å². The van der Waals surface area contributed by atoms with Gasteiger partial charge in [0.15, 0.2) is 11.5 Å². The number of hydrogen-bond acceptors (Lipinski definition) is 3. The van der Waals surface area contributed by atoms with Crippen LogP contribution in [0.4, 0.5) is 0 Å². The van der Waals surface area contributed by atoms with Crippen molar-refractivity contribution >= 4 is 17.2 Å². The Kier molecular flexibility index (Phi) is 2.23. The van der Waals surface area contributed by atoms with Crippen molar-refractivity contribution in [3.8, 4) is 17.1 Å². The number of phenolic OH excluding ortho intramolecular Hbond substituents is 1. The quantitative estimate of drug-likeness (QED) is 0.717. The van der Waals surface area contributed by atoms with Crippen molar-refractivity contribution in [3.63, 3.8) is 0 Å². The van der Waals surface area contributed by atoms with Crippen molar-refractivity contribution in [2.45, 2.75) is 0 Å². The first-order chi connectivity index (χ1) is 8.24. The molecule has 17 heavy (non-hydrogen) atoms. The Morgan fingerprint density at radius 3 is 2.59 bits per heavy atom. The Labute approximate surface area is 102 Å². The zero-order chi connectivity index (χ0) is 11.8. The van der Waals surface area contributed by atoms with Gasteiger partial charge in [-0.25, -0.2) is 9.50 Å². The van der Waals surface area contributed by atoms with Crippen molar-refractivity contribution in [2.75, 3.05) is 0 Å². The number of aromatic hydroxyl groups is 1. The lowest BCUT2D eigenvalue weighted by Crippen LogP contribution is -1.85. The summed E-state index contributed by atoms with van der Waals surface area (Å²) in [6.45, 7) is 0. The minimum absolute atomic E-state index is 0.218. The standard InChI is InChI=1S/C12H8ClN3O/c13-10-2-1-7-16-12(10)14-11(15-16)8-3-5-9(17)6-4-8/h1-7,17H. The predicted molar refractivity (Wildman–Crippen MR) is 65.1 cm³/mol. The number of phenols is 1. The number of aromatic nitrogens is 3. The highest BCUT2D eigenvalue weighted by Gasteiger charge is 2.08. The van der Waals surface area contributed by atoms with E-state index in [1.165, 1.54) is 0 Å². The van der Waals surface area contributed by atoms with Crippen LogP contribution in [0.5, 0.6) is 5.75 Å². The molecule has 0 saturated carbocycles. The summed E-state index contributed by atoms with van der Waals surface area (Å²) in [6, 6.07) is 10.3. The van der Waals surface area contributed by atoms with Crippen LogP contribution in [0.2, 0.25) is 5.02 Å². The van der Waals surface area contributed by atoms with Crippen LogP contribution in [-0.4, -0.2) is 19.7 Å². The highest BCUT2D eigenvalue weighted by Crippen LogP contribution is 2.21. The van der Waals surface area contributed by atoms with Crippen molar-refractivity contribution in [3.05, 3.63) is 47.6 Å². The molecule has 5 heteroatoms. The van der Waals surface area contributed by atoms with Crippen LogP contribution in [0.3, 0.4) is 0 Å². The van der Waals surface area contributed by atoms with E-state index < -0.39 is 0 Å². The Balaban J connectivity index is 2.18. The average molecular weight is 246 g/mol. The van der Waals surface area contributed by atoms with Crippen LogP contribution in [0.15, 0.2) is 42.6 Å². The lowest BCUT2D eigenvalue weighted by atomic mass is 10.2. The summed E-state index contributed by atoms with van der Waals surface area (Å²) in [6.07, 6.45) is 1.79. The molecule has 3 rings (SSSR count). The van der Waals surface area contributed by atoms with E-state index >= 15 is 0 Å². The Morgan fingerprint density at radius 1 is 1.12 bits per heavy atom. The molecule has 3 aromatic rings. The molecular weight excluding hydrogens is 238 g/mol. The Bertz CT molecular complexity index is 676. The van der Waals surface area contributed by atoms with Gasteiger partial charge in [-0.3, -0.25) is 0 Å². The fraction of sp³-hybridized carbons (Fsp3) is 0. The zero-order valence-electron chi connectivity index (χ0n) is 8.71. The van der Waals surface area contributed by atoms with Gasteiger partial charge in [0.25, 0.3) is 0 Å². The molecule has 0 fully saturated rings. The maximum atomic E-state index is 9.22. The fourth-order valence-electron chi connectivity index (χ4n) is 1.61. The molecule has 0 bridgehead atoms. The van der Waals surface area contributed by atoms with E-state index in [4.69, 9.17) is 11.6 Å². The second-order valence-corrected chi connectivity index (χ2v) is 4.01. The van der Waals surface area contributed by atoms with Gasteiger partial charge in [0.1, 0.15) is 5.75 Å². The van der Waals surface area contributed by atoms with E-state index in [1.54, 1.807) is 41.0 Å². The highest BCUT2D eigenvalue weighted by atomic mass is 35.5. The molecule has 0 aliphatic heterocycles. The number of benzene rings is 1. The molecule has 4 nitrogen and oxygen atoms in total. The van der Waals surface area contributed by atoms with Crippen molar-refractivity contribution < 1.29 is 5.11 Å². The van der Waals surface area contributed by atoms with Crippen LogP contribution in [0.25, 0.3) is 17.0 Å². The first-order valence-corrected chi connectivity index (χ1v) is 5.42. The molecule has 0 spiro atoms. The fourth-order valence-corrected chi connectivity index (χ4v) is 1.81. The van der Waals surface area contributed by atoms with Gasteiger partial charge in [0.05, 0.1) is 5.02 Å². The maximum Gasteiger partial charge on any atom is 0.182 e. The number of pyridine rings is 1. The van der Waals surface area contributed by atoms with E-state index in [9.17, 15) is 5.11 Å². The molecule has 0 saturated heterocycles.